The Morgan fingerprint density at radius 2 is 1.67 bits per heavy atom. The van der Waals surface area contributed by atoms with Gasteiger partial charge in [0.15, 0.2) is 22.4 Å². The van der Waals surface area contributed by atoms with Crippen LogP contribution < -0.4 is 0 Å². The summed E-state index contributed by atoms with van der Waals surface area (Å²) >= 11 is 1.74. The molecule has 254 valence electrons. The van der Waals surface area contributed by atoms with Gasteiger partial charge in [0.05, 0.1) is 25.9 Å². The molecular weight excluding hydrogens is 617 g/mol. The van der Waals surface area contributed by atoms with E-state index < -0.39 is 16.6 Å². The lowest BCUT2D eigenvalue weighted by Crippen LogP contribution is -2.45. The summed E-state index contributed by atoms with van der Waals surface area (Å²) in [6.45, 7) is 23.2. The van der Waals surface area contributed by atoms with Gasteiger partial charge in [0.2, 0.25) is 0 Å². The van der Waals surface area contributed by atoms with Crippen LogP contribution in [0.4, 0.5) is 0 Å². The van der Waals surface area contributed by atoms with Gasteiger partial charge in [0, 0.05) is 43.6 Å². The number of carbonyl (C=O) groups is 2. The minimum absolute atomic E-state index is 0.0352. The van der Waals surface area contributed by atoms with Gasteiger partial charge in [0.1, 0.15) is 0 Å². The van der Waals surface area contributed by atoms with Crippen LogP contribution in [0.5, 0.6) is 0 Å². The molecule has 0 aliphatic heterocycles. The number of rotatable bonds is 16. The average Bonchev–Trinajstić information content (AvgIpc) is 3.20. The van der Waals surface area contributed by atoms with E-state index in [1.807, 2.05) is 0 Å². The number of ether oxygens (including phenoxy) is 2. The second kappa shape index (κ2) is 17.1. The summed E-state index contributed by atoms with van der Waals surface area (Å²) in [4.78, 5) is 25.0. The van der Waals surface area contributed by atoms with Crippen LogP contribution in [0.3, 0.4) is 0 Å². The van der Waals surface area contributed by atoms with E-state index in [0.717, 1.165) is 35.5 Å². The monoisotopic (exact) mass is 676 g/mol. The van der Waals surface area contributed by atoms with Crippen molar-refractivity contribution in [3.63, 3.8) is 0 Å². The Kier molecular flexibility index (Phi) is 15.0. The second-order valence-electron chi connectivity index (χ2n) is 15.2. The summed E-state index contributed by atoms with van der Waals surface area (Å²) < 4.78 is 24.1. The third-order valence-corrected chi connectivity index (χ3v) is 19.6. The molecule has 0 heterocycles. The fourth-order valence-electron chi connectivity index (χ4n) is 4.81. The Hall–Kier alpha value is -1.50. The summed E-state index contributed by atoms with van der Waals surface area (Å²) in [7, 11) is -1.09. The summed E-state index contributed by atoms with van der Waals surface area (Å²) in [6, 6.07) is 8.52. The molecule has 0 aromatic heterocycles. The Balaban J connectivity index is 2.42. The molecule has 0 bridgehead atoms. The van der Waals surface area contributed by atoms with Gasteiger partial charge in [-0.2, -0.15) is 11.8 Å². The Labute approximate surface area is 280 Å². The maximum Gasteiger partial charge on any atom is 0.305 e. The zero-order valence-electron chi connectivity index (χ0n) is 30.1. The number of esters is 1. The van der Waals surface area contributed by atoms with Crippen molar-refractivity contribution in [1.29, 1.82) is 0 Å². The molecule has 9 heteroatoms. The van der Waals surface area contributed by atoms with E-state index >= 15 is 0 Å². The smallest absolute Gasteiger partial charge is 0.305 e. The Morgan fingerprint density at radius 3 is 2.27 bits per heavy atom. The Bertz CT molecular complexity index is 1180. The molecule has 0 unspecified atom stereocenters. The second-order valence-corrected chi connectivity index (χ2v) is 25.9. The highest BCUT2D eigenvalue weighted by Gasteiger charge is 2.45. The molecule has 1 fully saturated rings. The average molecular weight is 677 g/mol. The van der Waals surface area contributed by atoms with Crippen molar-refractivity contribution >= 4 is 40.1 Å². The number of ketones is 1. The molecular formula is C36H60O6SSi2. The fourth-order valence-corrected chi connectivity index (χ4v) is 8.23. The largest absolute Gasteiger partial charge is 0.469 e. The van der Waals surface area contributed by atoms with E-state index in [2.05, 4.69) is 110 Å². The third-order valence-electron chi connectivity index (χ3n) is 9.56. The molecule has 1 aliphatic carbocycles. The highest BCUT2D eigenvalue weighted by Crippen LogP contribution is 2.42. The van der Waals surface area contributed by atoms with Crippen LogP contribution in [-0.4, -0.2) is 66.3 Å². The van der Waals surface area contributed by atoms with E-state index in [1.165, 1.54) is 12.7 Å². The first-order chi connectivity index (χ1) is 20.8. The number of thioether (sulfide) groups is 1. The quantitative estimate of drug-likeness (QED) is 0.0569. The molecule has 0 spiro atoms. The summed E-state index contributed by atoms with van der Waals surface area (Å²) in [6.07, 6.45) is 8.47. The van der Waals surface area contributed by atoms with Crippen LogP contribution in [-0.2, 0) is 40.9 Å². The van der Waals surface area contributed by atoms with Crippen molar-refractivity contribution in [2.24, 2.45) is 5.92 Å². The third kappa shape index (κ3) is 12.2. The van der Waals surface area contributed by atoms with Gasteiger partial charge in [-0.25, -0.2) is 0 Å². The normalized spacial score (nSPS) is 19.9. The number of carbonyl (C=O) groups excluding carboxylic acids is 2. The molecule has 0 N–H and O–H groups in total. The van der Waals surface area contributed by atoms with Crippen LogP contribution in [0.2, 0.25) is 36.3 Å². The first-order valence-corrected chi connectivity index (χ1v) is 23.3. The molecule has 6 nitrogen and oxygen atoms in total. The van der Waals surface area contributed by atoms with Gasteiger partial charge in [-0.3, -0.25) is 9.59 Å². The topological polar surface area (TPSA) is 71.1 Å². The van der Waals surface area contributed by atoms with Gasteiger partial charge in [-0.1, -0.05) is 84.0 Å². The van der Waals surface area contributed by atoms with Crippen LogP contribution in [0.1, 0.15) is 71.9 Å². The minimum atomic E-state index is -2.13. The predicted molar refractivity (Wildman–Crippen MR) is 194 cm³/mol. The van der Waals surface area contributed by atoms with Crippen LogP contribution >= 0.6 is 11.8 Å². The van der Waals surface area contributed by atoms with Gasteiger partial charge in [-0.15, -0.1) is 0 Å². The zero-order chi connectivity index (χ0) is 34.1. The van der Waals surface area contributed by atoms with Crippen LogP contribution in [0.15, 0.2) is 48.1 Å². The van der Waals surface area contributed by atoms with E-state index in [4.69, 9.17) is 18.3 Å². The molecule has 1 aromatic rings. The number of Topliss-reactive ketones (excluding diaryl/α,β-unsaturated/α-hetero) is 1. The minimum Gasteiger partial charge on any atom is -0.469 e. The van der Waals surface area contributed by atoms with Gasteiger partial charge in [-0.05, 0) is 59.6 Å². The lowest BCUT2D eigenvalue weighted by atomic mass is 9.98. The highest BCUT2D eigenvalue weighted by atomic mass is 32.2. The summed E-state index contributed by atoms with van der Waals surface area (Å²) in [5.74, 6) is 1.40. The molecule has 1 aromatic carbocycles. The van der Waals surface area contributed by atoms with E-state index in [9.17, 15) is 9.59 Å². The van der Waals surface area contributed by atoms with Crippen LogP contribution in [0, 0.1) is 5.92 Å². The lowest BCUT2D eigenvalue weighted by Gasteiger charge is -2.40. The first kappa shape index (κ1) is 39.7. The van der Waals surface area contributed by atoms with Gasteiger partial charge >= 0.3 is 5.97 Å². The van der Waals surface area contributed by atoms with E-state index in [0.29, 0.717) is 19.4 Å². The Morgan fingerprint density at radius 1 is 1.02 bits per heavy atom. The van der Waals surface area contributed by atoms with Crippen molar-refractivity contribution in [2.45, 2.75) is 122 Å². The van der Waals surface area contributed by atoms with Crippen molar-refractivity contribution in [1.82, 2.24) is 0 Å². The number of methoxy groups -OCH3 is 2. The van der Waals surface area contributed by atoms with Crippen molar-refractivity contribution < 1.29 is 27.9 Å². The standard InChI is InChI=1S/C36H60O6SSi2/c1-35(2,3)44(9,10)41-29(24-27-15-13-16-28(23-27)26-39-7)18-19-31-30(20-22-43-21-14-17-34(38)40-8)32(37)25-33(31)42-45(11,12)36(4,5)6/h13,15-16,18-20,23,29,31,33H,14,17,21-22,24-26H2,1-12H3/b19-18+,30-20+/t29-,31-,33-/m1/s1. The highest BCUT2D eigenvalue weighted by molar-refractivity contribution is 7.99. The number of hydrogen-bond donors (Lipinski definition) is 0. The first-order valence-electron chi connectivity index (χ1n) is 16.3. The fraction of sp³-hybridized carbons (Fsp3) is 0.667. The van der Waals surface area contributed by atoms with Crippen molar-refractivity contribution in [2.75, 3.05) is 25.7 Å². The predicted octanol–water partition coefficient (Wildman–Crippen LogP) is 8.91. The van der Waals surface area contributed by atoms with Gasteiger partial charge < -0.3 is 18.3 Å². The molecule has 1 aliphatic rings. The van der Waals surface area contributed by atoms with Gasteiger partial charge in [0.25, 0.3) is 0 Å². The molecule has 0 saturated heterocycles. The van der Waals surface area contributed by atoms with E-state index in [-0.39, 0.29) is 40.0 Å². The molecule has 3 atom stereocenters. The molecule has 1 saturated carbocycles. The zero-order valence-corrected chi connectivity index (χ0v) is 32.9. The summed E-state index contributed by atoms with van der Waals surface area (Å²) in [5, 5.41) is 0.0952. The maximum absolute atomic E-state index is 13.5. The number of benzene rings is 1. The molecule has 45 heavy (non-hydrogen) atoms. The molecule has 0 radical (unpaired) electrons. The molecule has 0 amide bonds. The van der Waals surface area contributed by atoms with Crippen LogP contribution in [0.25, 0.3) is 0 Å². The number of hydrogen-bond acceptors (Lipinski definition) is 7. The maximum atomic E-state index is 13.5. The SMILES string of the molecule is COCc1cccc(C[C@@H](/C=C/[C@@H]2/C(=C\CSCCCC(=O)OC)C(=O)C[C@H]2O[Si](C)(C)C(C)(C)C)O[Si](C)(C)C(C)(C)C)c1. The van der Waals surface area contributed by atoms with Crippen molar-refractivity contribution in [3.8, 4) is 0 Å². The van der Waals surface area contributed by atoms with Crippen molar-refractivity contribution in [3.05, 3.63) is 59.2 Å². The summed E-state index contributed by atoms with van der Waals surface area (Å²) in [5.41, 5.74) is 3.18. The van der Waals surface area contributed by atoms with E-state index in [1.54, 1.807) is 18.9 Å². The molecule has 2 rings (SSSR count). The lowest BCUT2D eigenvalue weighted by molar-refractivity contribution is -0.140.